The Morgan fingerprint density at radius 3 is 2.96 bits per heavy atom. The van der Waals surface area contributed by atoms with Gasteiger partial charge in [-0.15, -0.1) is 5.10 Å². The average molecular weight is 339 g/mol. The lowest BCUT2D eigenvalue weighted by Gasteiger charge is -2.29. The highest BCUT2D eigenvalue weighted by molar-refractivity contribution is 5.29. The molecule has 0 bridgehead atoms. The van der Waals surface area contributed by atoms with Gasteiger partial charge in [-0.1, -0.05) is 29.5 Å². The van der Waals surface area contributed by atoms with E-state index >= 15 is 0 Å². The smallest absolute Gasteiger partial charge is 0.0738 e. The summed E-state index contributed by atoms with van der Waals surface area (Å²) < 4.78 is 2.15. The van der Waals surface area contributed by atoms with E-state index in [0.29, 0.717) is 6.04 Å². The largest absolute Gasteiger partial charge is 0.315 e. The van der Waals surface area contributed by atoms with Crippen LogP contribution in [-0.4, -0.2) is 46.6 Å². The van der Waals surface area contributed by atoms with E-state index in [4.69, 9.17) is 0 Å². The predicted octanol–water partition coefficient (Wildman–Crippen LogP) is 2.44. The van der Waals surface area contributed by atoms with Crippen LogP contribution in [0.25, 0.3) is 0 Å². The monoisotopic (exact) mass is 339 g/mol. The first-order chi connectivity index (χ1) is 12.3. The van der Waals surface area contributed by atoms with Crippen LogP contribution in [-0.2, 0) is 19.4 Å². The maximum Gasteiger partial charge on any atom is 0.0738 e. The quantitative estimate of drug-likeness (QED) is 0.909. The molecule has 2 heterocycles. The maximum absolute atomic E-state index is 4.37. The minimum atomic E-state index is 0.459. The van der Waals surface area contributed by atoms with E-state index in [0.717, 1.165) is 32.1 Å². The first-order valence-corrected chi connectivity index (χ1v) is 9.64. The number of piperidine rings is 1. The first kappa shape index (κ1) is 16.7. The second kappa shape index (κ2) is 7.67. The number of aryl methyl sites for hydroxylation is 1. The number of hydrogen-bond donors (Lipinski definition) is 1. The molecule has 1 aromatic carbocycles. The van der Waals surface area contributed by atoms with Gasteiger partial charge in [0.1, 0.15) is 0 Å². The summed E-state index contributed by atoms with van der Waals surface area (Å²) in [5, 5.41) is 12.0. The van der Waals surface area contributed by atoms with E-state index in [2.05, 4.69) is 56.5 Å². The number of nitrogens with zero attached hydrogens (tertiary/aromatic N) is 4. The van der Waals surface area contributed by atoms with E-state index in [9.17, 15) is 0 Å². The van der Waals surface area contributed by atoms with Gasteiger partial charge in [0, 0.05) is 19.6 Å². The molecule has 5 nitrogen and oxygen atoms in total. The molecule has 0 saturated carbocycles. The van der Waals surface area contributed by atoms with Crippen molar-refractivity contribution in [1.29, 1.82) is 0 Å². The molecule has 1 aliphatic heterocycles. The van der Waals surface area contributed by atoms with Gasteiger partial charge in [-0.05, 0) is 62.7 Å². The maximum atomic E-state index is 4.37. The van der Waals surface area contributed by atoms with Gasteiger partial charge in [0.25, 0.3) is 0 Å². The summed E-state index contributed by atoms with van der Waals surface area (Å²) >= 11 is 0. The van der Waals surface area contributed by atoms with Crippen LogP contribution >= 0.6 is 0 Å². The van der Waals surface area contributed by atoms with Gasteiger partial charge in [-0.25, -0.2) is 4.68 Å². The van der Waals surface area contributed by atoms with E-state index < -0.39 is 0 Å². The van der Waals surface area contributed by atoms with E-state index in [1.54, 1.807) is 11.1 Å². The number of aromatic nitrogens is 3. The summed E-state index contributed by atoms with van der Waals surface area (Å²) in [7, 11) is 2.23. The third-order valence-corrected chi connectivity index (χ3v) is 5.72. The van der Waals surface area contributed by atoms with Crippen LogP contribution in [0.2, 0.25) is 0 Å². The van der Waals surface area contributed by atoms with Crippen molar-refractivity contribution in [2.75, 3.05) is 26.7 Å². The van der Waals surface area contributed by atoms with Gasteiger partial charge in [-0.3, -0.25) is 0 Å². The number of benzene rings is 1. The van der Waals surface area contributed by atoms with Gasteiger partial charge in [0.05, 0.1) is 17.9 Å². The summed E-state index contributed by atoms with van der Waals surface area (Å²) in [6.07, 6.45) is 8.10. The molecule has 4 rings (SSSR count). The zero-order valence-corrected chi connectivity index (χ0v) is 15.2. The molecule has 2 unspecified atom stereocenters. The highest BCUT2D eigenvalue weighted by Gasteiger charge is 2.22. The fraction of sp³-hybridized carbons (Fsp3) is 0.600. The Kier molecular flexibility index (Phi) is 5.13. The lowest BCUT2D eigenvalue weighted by molar-refractivity contribution is 0.240. The number of fused-ring (bicyclic) bond motifs is 1. The summed E-state index contributed by atoms with van der Waals surface area (Å²) in [6.45, 7) is 4.22. The van der Waals surface area contributed by atoms with Crippen molar-refractivity contribution in [2.45, 2.75) is 44.7 Å². The molecule has 5 heteroatoms. The van der Waals surface area contributed by atoms with Crippen LogP contribution in [0.5, 0.6) is 0 Å². The van der Waals surface area contributed by atoms with E-state index in [1.165, 1.54) is 37.8 Å². The van der Waals surface area contributed by atoms with Crippen molar-refractivity contribution in [1.82, 2.24) is 25.2 Å². The van der Waals surface area contributed by atoms with Crippen molar-refractivity contribution in [3.8, 4) is 0 Å². The van der Waals surface area contributed by atoms with Crippen molar-refractivity contribution in [3.63, 3.8) is 0 Å². The molecule has 0 radical (unpaired) electrons. The molecule has 2 aromatic rings. The Morgan fingerprint density at radius 2 is 2.12 bits per heavy atom. The second-order valence-electron chi connectivity index (χ2n) is 7.74. The van der Waals surface area contributed by atoms with Crippen molar-refractivity contribution >= 4 is 0 Å². The topological polar surface area (TPSA) is 46.0 Å². The second-order valence-corrected chi connectivity index (χ2v) is 7.74. The van der Waals surface area contributed by atoms with Crippen LogP contribution in [0.3, 0.4) is 0 Å². The molecule has 134 valence electrons. The lowest BCUT2D eigenvalue weighted by Crippen LogP contribution is -2.34. The van der Waals surface area contributed by atoms with Crippen LogP contribution in [0, 0.1) is 5.92 Å². The molecule has 2 atom stereocenters. The van der Waals surface area contributed by atoms with Gasteiger partial charge in [-0.2, -0.15) is 0 Å². The zero-order valence-electron chi connectivity index (χ0n) is 15.2. The third-order valence-electron chi connectivity index (χ3n) is 5.72. The summed E-state index contributed by atoms with van der Waals surface area (Å²) in [5.41, 5.74) is 4.34. The molecule has 25 heavy (non-hydrogen) atoms. The van der Waals surface area contributed by atoms with Crippen LogP contribution < -0.4 is 5.32 Å². The molecular formula is C20H29N5. The average Bonchev–Trinajstić information content (AvgIpc) is 3.10. The highest BCUT2D eigenvalue weighted by atomic mass is 15.4. The summed E-state index contributed by atoms with van der Waals surface area (Å²) in [4.78, 5) is 2.45. The van der Waals surface area contributed by atoms with Crippen molar-refractivity contribution < 1.29 is 0 Å². The number of hydrogen-bond acceptors (Lipinski definition) is 4. The third kappa shape index (κ3) is 3.93. The Hall–Kier alpha value is -1.72. The fourth-order valence-electron chi connectivity index (χ4n) is 4.44. The molecule has 0 spiro atoms. The molecule has 1 aromatic heterocycles. The fourth-order valence-corrected chi connectivity index (χ4v) is 4.44. The Balaban J connectivity index is 1.35. The summed E-state index contributed by atoms with van der Waals surface area (Å²) in [6, 6.07) is 9.39. The van der Waals surface area contributed by atoms with Crippen LogP contribution in [0.15, 0.2) is 30.5 Å². The molecule has 1 aliphatic carbocycles. The summed E-state index contributed by atoms with van der Waals surface area (Å²) in [5.74, 6) is 0.751. The van der Waals surface area contributed by atoms with Crippen molar-refractivity contribution in [3.05, 3.63) is 47.3 Å². The lowest BCUT2D eigenvalue weighted by atomic mass is 9.84. The van der Waals surface area contributed by atoms with E-state index in [1.807, 2.05) is 6.20 Å². The zero-order chi connectivity index (χ0) is 17.1. The minimum Gasteiger partial charge on any atom is -0.315 e. The van der Waals surface area contributed by atoms with Crippen LogP contribution in [0.1, 0.15) is 42.1 Å². The van der Waals surface area contributed by atoms with Gasteiger partial charge >= 0.3 is 0 Å². The highest BCUT2D eigenvalue weighted by Crippen LogP contribution is 2.26. The standard InChI is InChI=1S/C20H29N5/c1-24(14-16-8-9-17-5-2-3-6-18(17)11-16)15-20-13-22-23-25(20)19-7-4-10-21-12-19/h2-3,5-6,13,16,19,21H,4,7-12,14-15H2,1H3. The van der Waals surface area contributed by atoms with E-state index in [-0.39, 0.29) is 0 Å². The SMILES string of the molecule is CN(Cc1cnnn1C1CCCNC1)CC1CCc2ccccc2C1. The normalized spacial score (nSPS) is 23.6. The molecule has 1 saturated heterocycles. The Bertz CT molecular complexity index is 689. The number of nitrogens with one attached hydrogen (secondary N) is 1. The molecular weight excluding hydrogens is 310 g/mol. The van der Waals surface area contributed by atoms with Crippen LogP contribution in [0.4, 0.5) is 0 Å². The number of rotatable bonds is 5. The van der Waals surface area contributed by atoms with Gasteiger partial charge in [0.15, 0.2) is 0 Å². The molecule has 0 amide bonds. The minimum absolute atomic E-state index is 0.459. The van der Waals surface area contributed by atoms with Gasteiger partial charge in [0.2, 0.25) is 0 Å². The van der Waals surface area contributed by atoms with Crippen molar-refractivity contribution in [2.24, 2.45) is 5.92 Å². The Labute approximate surface area is 150 Å². The Morgan fingerprint density at radius 1 is 1.24 bits per heavy atom. The molecule has 2 aliphatic rings. The molecule has 1 N–H and O–H groups in total. The first-order valence-electron chi connectivity index (χ1n) is 9.64. The van der Waals surface area contributed by atoms with Gasteiger partial charge < -0.3 is 10.2 Å². The molecule has 1 fully saturated rings. The predicted molar refractivity (Wildman–Crippen MR) is 99.5 cm³/mol.